The van der Waals surface area contributed by atoms with Gasteiger partial charge in [-0.25, -0.2) is 4.68 Å². The molecule has 0 spiro atoms. The van der Waals surface area contributed by atoms with Crippen molar-refractivity contribution in [3.8, 4) is 5.75 Å². The summed E-state index contributed by atoms with van der Waals surface area (Å²) in [4.78, 5) is 12.6. The van der Waals surface area contributed by atoms with Gasteiger partial charge in [0.25, 0.3) is 5.91 Å². The Balaban J connectivity index is 1.73. The van der Waals surface area contributed by atoms with Crippen LogP contribution in [0.3, 0.4) is 0 Å². The van der Waals surface area contributed by atoms with Crippen LogP contribution in [0.1, 0.15) is 23.7 Å². The van der Waals surface area contributed by atoms with Crippen molar-refractivity contribution >= 4 is 22.6 Å². The zero-order valence-electron chi connectivity index (χ0n) is 14.9. The molecule has 0 atom stereocenters. The van der Waals surface area contributed by atoms with E-state index in [9.17, 15) is 4.79 Å². The molecule has 0 saturated carbocycles. The molecule has 7 heteroatoms. The number of hydrogen-bond acceptors (Lipinski definition) is 5. The smallest absolute Gasteiger partial charge is 0.255 e. The Morgan fingerprint density at radius 2 is 2.04 bits per heavy atom. The van der Waals surface area contributed by atoms with Gasteiger partial charge in [-0.15, -0.1) is 5.10 Å². The fourth-order valence-corrected chi connectivity index (χ4v) is 2.62. The number of benzene rings is 2. The molecule has 3 aromatic rings. The summed E-state index contributed by atoms with van der Waals surface area (Å²) in [5.74, 6) is 0.417. The van der Waals surface area contributed by atoms with Crippen LogP contribution in [0.4, 0.5) is 5.69 Å². The zero-order chi connectivity index (χ0) is 18.4. The quantitative estimate of drug-likeness (QED) is 0.629. The van der Waals surface area contributed by atoms with Crippen molar-refractivity contribution in [1.82, 2.24) is 15.0 Å². The molecule has 3 rings (SSSR count). The average molecular weight is 354 g/mol. The number of para-hydroxylation sites is 2. The fraction of sp³-hybridized carbons (Fsp3) is 0.316. The van der Waals surface area contributed by atoms with Gasteiger partial charge in [-0.05, 0) is 37.3 Å². The molecule has 2 aromatic carbocycles. The van der Waals surface area contributed by atoms with Crippen LogP contribution in [0.25, 0.3) is 11.0 Å². The maximum Gasteiger partial charge on any atom is 0.255 e. The third-order valence-corrected chi connectivity index (χ3v) is 3.96. The molecule has 0 radical (unpaired) electrons. The van der Waals surface area contributed by atoms with Gasteiger partial charge in [0.15, 0.2) is 0 Å². The first-order chi connectivity index (χ1) is 12.7. The molecule has 0 bridgehead atoms. The number of rotatable bonds is 8. The number of nitrogens with one attached hydrogen (secondary N) is 1. The number of amides is 1. The molecule has 0 aliphatic rings. The van der Waals surface area contributed by atoms with Gasteiger partial charge in [0.05, 0.1) is 17.8 Å². The number of carbonyl (C=O) groups is 1. The Kier molecular flexibility index (Phi) is 5.80. The van der Waals surface area contributed by atoms with Crippen molar-refractivity contribution in [3.63, 3.8) is 0 Å². The molecule has 136 valence electrons. The lowest BCUT2D eigenvalue weighted by molar-refractivity contribution is 0.102. The van der Waals surface area contributed by atoms with E-state index in [0.717, 1.165) is 18.5 Å². The molecule has 26 heavy (non-hydrogen) atoms. The van der Waals surface area contributed by atoms with E-state index in [4.69, 9.17) is 9.47 Å². The number of fused-ring (bicyclic) bond motifs is 1. The second kappa shape index (κ2) is 8.44. The number of carbonyl (C=O) groups excluding carboxylic acids is 1. The topological polar surface area (TPSA) is 78.3 Å². The lowest BCUT2D eigenvalue weighted by Gasteiger charge is -2.12. The van der Waals surface area contributed by atoms with E-state index >= 15 is 0 Å². The SMILES string of the molecule is CCn1nnc2cc(C(=O)Nc3ccccc3OCCCOC)ccc21. The third kappa shape index (κ3) is 4.00. The molecule has 0 fully saturated rings. The van der Waals surface area contributed by atoms with Crippen molar-refractivity contribution in [2.45, 2.75) is 19.9 Å². The zero-order valence-corrected chi connectivity index (χ0v) is 14.9. The van der Waals surface area contributed by atoms with Crippen LogP contribution in [0.5, 0.6) is 5.75 Å². The fourth-order valence-electron chi connectivity index (χ4n) is 2.62. The second-order valence-corrected chi connectivity index (χ2v) is 5.75. The molecule has 0 aliphatic carbocycles. The molecule has 1 N–H and O–H groups in total. The van der Waals surface area contributed by atoms with Gasteiger partial charge >= 0.3 is 0 Å². The number of ether oxygens (including phenoxy) is 2. The highest BCUT2D eigenvalue weighted by Crippen LogP contribution is 2.25. The standard InChI is InChI=1S/C19H22N4O3/c1-3-23-17-10-9-14(13-16(17)21-22-23)19(24)20-15-7-4-5-8-18(15)26-12-6-11-25-2/h4-5,7-10,13H,3,6,11-12H2,1-2H3,(H,20,24). The Bertz CT molecular complexity index is 891. The van der Waals surface area contributed by atoms with Crippen LogP contribution in [0.2, 0.25) is 0 Å². The number of nitrogens with zero attached hydrogens (tertiary/aromatic N) is 3. The molecular formula is C19H22N4O3. The molecular weight excluding hydrogens is 332 g/mol. The maximum atomic E-state index is 12.6. The van der Waals surface area contributed by atoms with E-state index in [0.29, 0.717) is 35.7 Å². The Hall–Kier alpha value is -2.93. The molecule has 0 aliphatic heterocycles. The molecule has 1 aromatic heterocycles. The van der Waals surface area contributed by atoms with Crippen LogP contribution in [-0.4, -0.2) is 41.2 Å². The summed E-state index contributed by atoms with van der Waals surface area (Å²) in [5, 5.41) is 11.1. The van der Waals surface area contributed by atoms with Crippen molar-refractivity contribution in [3.05, 3.63) is 48.0 Å². The van der Waals surface area contributed by atoms with Gasteiger partial charge in [0, 0.05) is 32.2 Å². The minimum Gasteiger partial charge on any atom is -0.491 e. The molecule has 1 heterocycles. The highest BCUT2D eigenvalue weighted by Gasteiger charge is 2.12. The summed E-state index contributed by atoms with van der Waals surface area (Å²) in [7, 11) is 1.66. The predicted molar refractivity (Wildman–Crippen MR) is 99.6 cm³/mol. The monoisotopic (exact) mass is 354 g/mol. The maximum absolute atomic E-state index is 12.6. The van der Waals surface area contributed by atoms with Crippen LogP contribution < -0.4 is 10.1 Å². The van der Waals surface area contributed by atoms with Crippen molar-refractivity contribution in [2.75, 3.05) is 25.6 Å². The van der Waals surface area contributed by atoms with Crippen molar-refractivity contribution < 1.29 is 14.3 Å². The van der Waals surface area contributed by atoms with Gasteiger partial charge in [0.2, 0.25) is 0 Å². The minimum absolute atomic E-state index is 0.217. The molecule has 0 unspecified atom stereocenters. The predicted octanol–water partition coefficient (Wildman–Crippen LogP) is 3.12. The second-order valence-electron chi connectivity index (χ2n) is 5.75. The number of methoxy groups -OCH3 is 1. The number of anilines is 1. The Morgan fingerprint density at radius 1 is 1.19 bits per heavy atom. The first-order valence-corrected chi connectivity index (χ1v) is 8.58. The van der Waals surface area contributed by atoms with Crippen LogP contribution >= 0.6 is 0 Å². The highest BCUT2D eigenvalue weighted by molar-refractivity contribution is 6.06. The first kappa shape index (κ1) is 17.9. The lowest BCUT2D eigenvalue weighted by Crippen LogP contribution is -2.13. The Labute approximate surface area is 151 Å². The van der Waals surface area contributed by atoms with Gasteiger partial charge in [0.1, 0.15) is 11.3 Å². The summed E-state index contributed by atoms with van der Waals surface area (Å²) in [5.41, 5.74) is 2.76. The van der Waals surface area contributed by atoms with E-state index in [1.54, 1.807) is 23.9 Å². The van der Waals surface area contributed by atoms with Crippen LogP contribution in [-0.2, 0) is 11.3 Å². The average Bonchev–Trinajstić information content (AvgIpc) is 3.08. The van der Waals surface area contributed by atoms with Gasteiger partial charge in [-0.2, -0.15) is 0 Å². The highest BCUT2D eigenvalue weighted by atomic mass is 16.5. The normalized spacial score (nSPS) is 10.8. The summed E-state index contributed by atoms with van der Waals surface area (Å²) < 4.78 is 12.6. The number of aromatic nitrogens is 3. The summed E-state index contributed by atoms with van der Waals surface area (Å²) in [6.07, 6.45) is 0.780. The van der Waals surface area contributed by atoms with Crippen LogP contribution in [0.15, 0.2) is 42.5 Å². The molecule has 1 amide bonds. The minimum atomic E-state index is -0.217. The summed E-state index contributed by atoms with van der Waals surface area (Å²) in [6.45, 7) is 3.88. The van der Waals surface area contributed by atoms with E-state index in [2.05, 4.69) is 15.6 Å². The first-order valence-electron chi connectivity index (χ1n) is 8.58. The number of hydrogen-bond donors (Lipinski definition) is 1. The third-order valence-electron chi connectivity index (χ3n) is 3.96. The Morgan fingerprint density at radius 3 is 2.85 bits per heavy atom. The van der Waals surface area contributed by atoms with Crippen molar-refractivity contribution in [1.29, 1.82) is 0 Å². The molecule has 7 nitrogen and oxygen atoms in total. The van der Waals surface area contributed by atoms with Crippen molar-refractivity contribution in [2.24, 2.45) is 0 Å². The lowest BCUT2D eigenvalue weighted by atomic mass is 10.1. The summed E-state index contributed by atoms with van der Waals surface area (Å²) >= 11 is 0. The van der Waals surface area contributed by atoms with Gasteiger partial charge in [-0.1, -0.05) is 17.3 Å². The summed E-state index contributed by atoms with van der Waals surface area (Å²) in [6, 6.07) is 12.8. The van der Waals surface area contributed by atoms with E-state index < -0.39 is 0 Å². The van der Waals surface area contributed by atoms with E-state index in [1.165, 1.54) is 0 Å². The van der Waals surface area contributed by atoms with Gasteiger partial charge in [-0.3, -0.25) is 4.79 Å². The van der Waals surface area contributed by atoms with E-state index in [-0.39, 0.29) is 5.91 Å². The van der Waals surface area contributed by atoms with Gasteiger partial charge < -0.3 is 14.8 Å². The molecule has 0 saturated heterocycles. The number of aryl methyl sites for hydroxylation is 1. The van der Waals surface area contributed by atoms with E-state index in [1.807, 2.05) is 37.3 Å². The largest absolute Gasteiger partial charge is 0.491 e. The van der Waals surface area contributed by atoms with Crippen LogP contribution in [0, 0.1) is 0 Å².